The molecule has 1 aliphatic heterocycles. The second-order valence-electron chi connectivity index (χ2n) is 6.88. The molecule has 0 fully saturated rings. The Kier molecular flexibility index (Phi) is 4.59. The van der Waals surface area contributed by atoms with Crippen LogP contribution in [0.15, 0.2) is 107 Å². The standard InChI is InChI=1S/C25H18ClN3/c26-25-28-23(18-11-5-2-6-12-18)27-24(29-25)22-16-15-19(17-9-3-1-4-10-17)20-13-7-8-14-21(20)22/h1-16,24H,(H,27,28,29). The minimum absolute atomic E-state index is 0.301. The minimum atomic E-state index is -0.301. The topological polar surface area (TPSA) is 36.8 Å². The van der Waals surface area contributed by atoms with Gasteiger partial charge in [-0.1, -0.05) is 97.1 Å². The van der Waals surface area contributed by atoms with Gasteiger partial charge in [0.1, 0.15) is 6.17 Å². The van der Waals surface area contributed by atoms with E-state index in [1.165, 1.54) is 16.5 Å². The molecule has 0 amide bonds. The number of aliphatic imine (C=N–C) groups is 2. The first-order valence-electron chi connectivity index (χ1n) is 9.50. The van der Waals surface area contributed by atoms with Crippen molar-refractivity contribution < 1.29 is 0 Å². The SMILES string of the molecule is ClC1=NC(c2ccccc2)=NC(c2ccc(-c3ccccc3)c3ccccc23)N1. The van der Waals surface area contributed by atoms with E-state index >= 15 is 0 Å². The molecule has 0 aliphatic carbocycles. The van der Waals surface area contributed by atoms with E-state index in [4.69, 9.17) is 16.6 Å². The summed E-state index contributed by atoms with van der Waals surface area (Å²) < 4.78 is 0. The summed E-state index contributed by atoms with van der Waals surface area (Å²) in [4.78, 5) is 9.25. The highest BCUT2D eigenvalue weighted by atomic mass is 35.5. The molecule has 1 atom stereocenters. The summed E-state index contributed by atoms with van der Waals surface area (Å²) in [7, 11) is 0. The lowest BCUT2D eigenvalue weighted by atomic mass is 9.94. The molecule has 1 unspecified atom stereocenters. The van der Waals surface area contributed by atoms with Crippen molar-refractivity contribution in [1.82, 2.24) is 5.32 Å². The number of halogens is 1. The summed E-state index contributed by atoms with van der Waals surface area (Å²) in [6, 6.07) is 33.0. The predicted molar refractivity (Wildman–Crippen MR) is 122 cm³/mol. The lowest BCUT2D eigenvalue weighted by Crippen LogP contribution is -2.29. The Labute approximate surface area is 174 Å². The van der Waals surface area contributed by atoms with Gasteiger partial charge in [0.2, 0.25) is 0 Å². The molecule has 4 heteroatoms. The molecular weight excluding hydrogens is 378 g/mol. The summed E-state index contributed by atoms with van der Waals surface area (Å²) in [6.07, 6.45) is -0.301. The average molecular weight is 396 g/mol. The van der Waals surface area contributed by atoms with Crippen LogP contribution >= 0.6 is 11.6 Å². The molecule has 1 heterocycles. The highest BCUT2D eigenvalue weighted by molar-refractivity contribution is 6.65. The summed E-state index contributed by atoms with van der Waals surface area (Å²) in [5.41, 5.74) is 4.41. The molecule has 140 valence electrons. The van der Waals surface area contributed by atoms with Crippen LogP contribution in [-0.2, 0) is 0 Å². The maximum Gasteiger partial charge on any atom is 0.199 e. The normalized spacial score (nSPS) is 16.1. The largest absolute Gasteiger partial charge is 0.335 e. The van der Waals surface area contributed by atoms with Crippen molar-refractivity contribution in [3.05, 3.63) is 108 Å². The zero-order chi connectivity index (χ0) is 19.6. The number of hydrogen-bond donors (Lipinski definition) is 1. The highest BCUT2D eigenvalue weighted by Gasteiger charge is 2.21. The third-order valence-corrected chi connectivity index (χ3v) is 5.27. The number of hydrogen-bond acceptors (Lipinski definition) is 3. The maximum atomic E-state index is 6.34. The van der Waals surface area contributed by atoms with Crippen molar-refractivity contribution in [2.45, 2.75) is 6.17 Å². The van der Waals surface area contributed by atoms with E-state index in [9.17, 15) is 0 Å². The van der Waals surface area contributed by atoms with Gasteiger partial charge in [-0.15, -0.1) is 0 Å². The Morgan fingerprint density at radius 1 is 0.655 bits per heavy atom. The Morgan fingerprint density at radius 2 is 1.28 bits per heavy atom. The van der Waals surface area contributed by atoms with Crippen LogP contribution in [0.1, 0.15) is 17.3 Å². The summed E-state index contributed by atoms with van der Waals surface area (Å²) in [6.45, 7) is 0. The van der Waals surface area contributed by atoms with Crippen LogP contribution in [0.3, 0.4) is 0 Å². The van der Waals surface area contributed by atoms with Gasteiger partial charge in [-0.3, -0.25) is 0 Å². The number of fused-ring (bicyclic) bond motifs is 1. The first kappa shape index (κ1) is 17.7. The van der Waals surface area contributed by atoms with Crippen molar-refractivity contribution in [2.75, 3.05) is 0 Å². The molecule has 0 saturated heterocycles. The van der Waals surface area contributed by atoms with Gasteiger partial charge in [0.05, 0.1) is 0 Å². The zero-order valence-electron chi connectivity index (χ0n) is 15.6. The quantitative estimate of drug-likeness (QED) is 0.415. The van der Waals surface area contributed by atoms with Crippen LogP contribution in [-0.4, -0.2) is 11.1 Å². The van der Waals surface area contributed by atoms with E-state index < -0.39 is 0 Å². The van der Waals surface area contributed by atoms with E-state index in [-0.39, 0.29) is 6.17 Å². The molecule has 29 heavy (non-hydrogen) atoms. The minimum Gasteiger partial charge on any atom is -0.335 e. The number of nitrogens with one attached hydrogen (secondary N) is 1. The fourth-order valence-electron chi connectivity index (χ4n) is 3.73. The first-order valence-corrected chi connectivity index (χ1v) is 9.88. The van der Waals surface area contributed by atoms with Crippen LogP contribution in [0, 0.1) is 0 Å². The van der Waals surface area contributed by atoms with E-state index in [0.717, 1.165) is 16.5 Å². The smallest absolute Gasteiger partial charge is 0.199 e. The molecule has 4 aromatic carbocycles. The fraction of sp³-hybridized carbons (Fsp3) is 0.0400. The fourth-order valence-corrected chi connectivity index (χ4v) is 3.91. The average Bonchev–Trinajstić information content (AvgIpc) is 2.79. The Balaban J connectivity index is 1.65. The molecule has 1 N–H and O–H groups in total. The Hall–Kier alpha value is -3.43. The third kappa shape index (κ3) is 3.41. The molecule has 0 bridgehead atoms. The van der Waals surface area contributed by atoms with Crippen LogP contribution in [0.2, 0.25) is 0 Å². The van der Waals surface area contributed by atoms with Gasteiger partial charge in [-0.25, -0.2) is 9.98 Å². The molecule has 5 rings (SSSR count). The Bertz CT molecular complexity index is 1230. The van der Waals surface area contributed by atoms with E-state index in [1.54, 1.807) is 0 Å². The third-order valence-electron chi connectivity index (χ3n) is 5.08. The Morgan fingerprint density at radius 3 is 2.00 bits per heavy atom. The molecular formula is C25H18ClN3. The lowest BCUT2D eigenvalue weighted by Gasteiger charge is -2.22. The van der Waals surface area contributed by atoms with Gasteiger partial charge >= 0.3 is 0 Å². The second-order valence-corrected chi connectivity index (χ2v) is 7.24. The van der Waals surface area contributed by atoms with Crippen LogP contribution in [0.5, 0.6) is 0 Å². The number of amidine groups is 2. The van der Waals surface area contributed by atoms with Crippen molar-refractivity contribution in [1.29, 1.82) is 0 Å². The van der Waals surface area contributed by atoms with E-state index in [2.05, 4.69) is 71.0 Å². The van der Waals surface area contributed by atoms with Gasteiger partial charge in [0.15, 0.2) is 11.1 Å². The van der Waals surface area contributed by atoms with Gasteiger partial charge in [-0.05, 0) is 33.5 Å². The molecule has 1 aliphatic rings. The lowest BCUT2D eigenvalue weighted by molar-refractivity contribution is 0.685. The number of nitrogens with zero attached hydrogens (tertiary/aromatic N) is 2. The summed E-state index contributed by atoms with van der Waals surface area (Å²) in [5.74, 6) is 0.635. The van der Waals surface area contributed by atoms with E-state index in [0.29, 0.717) is 11.1 Å². The van der Waals surface area contributed by atoms with Crippen molar-refractivity contribution >= 4 is 33.5 Å². The van der Waals surface area contributed by atoms with Gasteiger partial charge < -0.3 is 5.32 Å². The first-order chi connectivity index (χ1) is 14.3. The van der Waals surface area contributed by atoms with Crippen molar-refractivity contribution in [2.24, 2.45) is 9.98 Å². The van der Waals surface area contributed by atoms with Gasteiger partial charge in [-0.2, -0.15) is 0 Å². The monoisotopic (exact) mass is 395 g/mol. The predicted octanol–water partition coefficient (Wildman–Crippen LogP) is 6.15. The summed E-state index contributed by atoms with van der Waals surface area (Å²) >= 11 is 6.34. The molecule has 0 radical (unpaired) electrons. The van der Waals surface area contributed by atoms with Crippen molar-refractivity contribution in [3.63, 3.8) is 0 Å². The maximum absolute atomic E-state index is 6.34. The van der Waals surface area contributed by atoms with Gasteiger partial charge in [0, 0.05) is 11.1 Å². The highest BCUT2D eigenvalue weighted by Crippen LogP contribution is 2.34. The summed E-state index contributed by atoms with van der Waals surface area (Å²) in [5, 5.41) is 5.89. The van der Waals surface area contributed by atoms with Crippen LogP contribution in [0.25, 0.3) is 21.9 Å². The molecule has 3 nitrogen and oxygen atoms in total. The molecule has 0 saturated carbocycles. The van der Waals surface area contributed by atoms with Crippen molar-refractivity contribution in [3.8, 4) is 11.1 Å². The van der Waals surface area contributed by atoms with E-state index in [1.807, 2.05) is 36.4 Å². The number of rotatable bonds is 3. The zero-order valence-corrected chi connectivity index (χ0v) is 16.3. The molecule has 0 spiro atoms. The number of benzene rings is 4. The molecule has 4 aromatic rings. The van der Waals surface area contributed by atoms with Crippen LogP contribution in [0.4, 0.5) is 0 Å². The van der Waals surface area contributed by atoms with Gasteiger partial charge in [0.25, 0.3) is 0 Å². The van der Waals surface area contributed by atoms with Crippen LogP contribution < -0.4 is 5.32 Å². The molecule has 0 aromatic heterocycles. The second kappa shape index (κ2) is 7.53.